The molecule has 1 aromatic heterocycles. The van der Waals surface area contributed by atoms with Gasteiger partial charge in [-0.05, 0) is 24.1 Å². The molecule has 0 aliphatic carbocycles. The van der Waals surface area contributed by atoms with Crippen LogP contribution in [0.5, 0.6) is 5.75 Å². The van der Waals surface area contributed by atoms with Gasteiger partial charge in [-0.2, -0.15) is 4.98 Å². The smallest absolute Gasteiger partial charge is 0.229 e. The predicted octanol–water partition coefficient (Wildman–Crippen LogP) is 3.07. The van der Waals surface area contributed by atoms with Crippen molar-refractivity contribution >= 4 is 17.5 Å². The Labute approximate surface area is 152 Å². The van der Waals surface area contributed by atoms with Gasteiger partial charge in [0.05, 0.1) is 11.4 Å². The van der Waals surface area contributed by atoms with Crippen molar-refractivity contribution in [1.29, 1.82) is 0 Å². The number of nitrogen functional groups attached to an aromatic ring is 1. The summed E-state index contributed by atoms with van der Waals surface area (Å²) in [7, 11) is 0. The maximum atomic E-state index is 9.93. The molecular formula is C20H21N5O. The SMILES string of the molecule is Nc1nc(Nc2ccccc2O)nc2c1CCN(Cc1ccccc1)C2. The number of nitrogens with one attached hydrogen (secondary N) is 1. The molecule has 26 heavy (non-hydrogen) atoms. The highest BCUT2D eigenvalue weighted by Gasteiger charge is 2.21. The van der Waals surface area contributed by atoms with E-state index in [1.165, 1.54) is 5.56 Å². The van der Waals surface area contributed by atoms with Crippen LogP contribution in [0, 0.1) is 0 Å². The number of aromatic hydroxyl groups is 1. The zero-order valence-electron chi connectivity index (χ0n) is 14.4. The van der Waals surface area contributed by atoms with Gasteiger partial charge >= 0.3 is 0 Å². The van der Waals surface area contributed by atoms with Gasteiger partial charge in [0.2, 0.25) is 5.95 Å². The Morgan fingerprint density at radius 1 is 1.04 bits per heavy atom. The third-order valence-corrected chi connectivity index (χ3v) is 4.58. The lowest BCUT2D eigenvalue weighted by atomic mass is 10.0. The number of hydrogen-bond donors (Lipinski definition) is 3. The Balaban J connectivity index is 1.55. The molecular weight excluding hydrogens is 326 g/mol. The Morgan fingerprint density at radius 2 is 1.81 bits per heavy atom. The van der Waals surface area contributed by atoms with E-state index < -0.39 is 0 Å². The van der Waals surface area contributed by atoms with Crippen molar-refractivity contribution in [2.45, 2.75) is 19.5 Å². The third kappa shape index (κ3) is 3.45. The lowest BCUT2D eigenvalue weighted by Crippen LogP contribution is -2.31. The van der Waals surface area contributed by atoms with Crippen molar-refractivity contribution in [3.63, 3.8) is 0 Å². The number of phenols is 1. The number of phenolic OH excluding ortho intramolecular Hbond substituents is 1. The minimum absolute atomic E-state index is 0.151. The summed E-state index contributed by atoms with van der Waals surface area (Å²) < 4.78 is 0. The summed E-state index contributed by atoms with van der Waals surface area (Å²) in [5.41, 5.74) is 9.97. The van der Waals surface area contributed by atoms with Crippen LogP contribution >= 0.6 is 0 Å². The van der Waals surface area contributed by atoms with Crippen LogP contribution in [0.25, 0.3) is 0 Å². The summed E-state index contributed by atoms with van der Waals surface area (Å²) in [6, 6.07) is 17.4. The van der Waals surface area contributed by atoms with Crippen molar-refractivity contribution in [2.75, 3.05) is 17.6 Å². The van der Waals surface area contributed by atoms with E-state index in [2.05, 4.69) is 44.5 Å². The largest absolute Gasteiger partial charge is 0.506 e. The first-order valence-corrected chi connectivity index (χ1v) is 8.65. The van der Waals surface area contributed by atoms with Crippen molar-refractivity contribution < 1.29 is 5.11 Å². The molecule has 2 aromatic carbocycles. The van der Waals surface area contributed by atoms with Gasteiger partial charge in [0.1, 0.15) is 11.6 Å². The van der Waals surface area contributed by atoms with Gasteiger partial charge in [0.25, 0.3) is 0 Å². The highest BCUT2D eigenvalue weighted by Crippen LogP contribution is 2.28. The predicted molar refractivity (Wildman–Crippen MR) is 102 cm³/mol. The summed E-state index contributed by atoms with van der Waals surface area (Å²) in [5.74, 6) is 1.06. The molecule has 0 unspecified atom stereocenters. The molecule has 3 aromatic rings. The normalized spacial score (nSPS) is 14.0. The number of para-hydroxylation sites is 2. The number of anilines is 3. The van der Waals surface area contributed by atoms with Crippen molar-refractivity contribution in [3.05, 3.63) is 71.4 Å². The number of nitrogens with two attached hydrogens (primary N) is 1. The second-order valence-electron chi connectivity index (χ2n) is 6.45. The van der Waals surface area contributed by atoms with Crippen LogP contribution in [0.15, 0.2) is 54.6 Å². The van der Waals surface area contributed by atoms with Crippen molar-refractivity contribution in [2.24, 2.45) is 0 Å². The summed E-state index contributed by atoms with van der Waals surface area (Å²) >= 11 is 0. The molecule has 4 N–H and O–H groups in total. The van der Waals surface area contributed by atoms with E-state index in [9.17, 15) is 5.11 Å². The second kappa shape index (κ2) is 7.01. The number of nitrogens with zero attached hydrogens (tertiary/aromatic N) is 3. The first-order valence-electron chi connectivity index (χ1n) is 8.65. The Morgan fingerprint density at radius 3 is 2.62 bits per heavy atom. The fourth-order valence-electron chi connectivity index (χ4n) is 3.25. The minimum atomic E-state index is 0.151. The molecule has 0 fully saturated rings. The molecule has 6 nitrogen and oxygen atoms in total. The monoisotopic (exact) mass is 347 g/mol. The van der Waals surface area contributed by atoms with E-state index in [1.807, 2.05) is 12.1 Å². The molecule has 0 saturated heterocycles. The molecule has 6 heteroatoms. The number of fused-ring (bicyclic) bond motifs is 1. The van der Waals surface area contributed by atoms with Gasteiger partial charge in [-0.25, -0.2) is 4.98 Å². The number of hydrogen-bond acceptors (Lipinski definition) is 6. The van der Waals surface area contributed by atoms with E-state index in [4.69, 9.17) is 5.73 Å². The molecule has 1 aliphatic rings. The van der Waals surface area contributed by atoms with Crippen molar-refractivity contribution in [3.8, 4) is 5.75 Å². The van der Waals surface area contributed by atoms with Gasteiger partial charge in [-0.1, -0.05) is 42.5 Å². The average molecular weight is 347 g/mol. The molecule has 0 bridgehead atoms. The molecule has 0 amide bonds. The molecule has 0 atom stereocenters. The Bertz CT molecular complexity index is 913. The van der Waals surface area contributed by atoms with Crippen LogP contribution in [-0.4, -0.2) is 26.5 Å². The van der Waals surface area contributed by atoms with Gasteiger partial charge < -0.3 is 16.2 Å². The molecule has 0 spiro atoms. The number of benzene rings is 2. The van der Waals surface area contributed by atoms with Crippen LogP contribution < -0.4 is 11.1 Å². The zero-order chi connectivity index (χ0) is 17.9. The van der Waals surface area contributed by atoms with Crippen LogP contribution in [0.1, 0.15) is 16.8 Å². The van der Waals surface area contributed by atoms with Crippen LogP contribution in [0.2, 0.25) is 0 Å². The lowest BCUT2D eigenvalue weighted by molar-refractivity contribution is 0.241. The highest BCUT2D eigenvalue weighted by molar-refractivity contribution is 5.63. The minimum Gasteiger partial charge on any atom is -0.506 e. The highest BCUT2D eigenvalue weighted by atomic mass is 16.3. The van der Waals surface area contributed by atoms with Crippen molar-refractivity contribution in [1.82, 2.24) is 14.9 Å². The molecule has 0 radical (unpaired) electrons. The maximum absolute atomic E-state index is 9.93. The van der Waals surface area contributed by atoms with Gasteiger partial charge in [0, 0.05) is 25.2 Å². The number of rotatable bonds is 4. The quantitative estimate of drug-likeness (QED) is 0.629. The van der Waals surface area contributed by atoms with Gasteiger partial charge in [0.15, 0.2) is 0 Å². The maximum Gasteiger partial charge on any atom is 0.229 e. The number of aromatic nitrogens is 2. The third-order valence-electron chi connectivity index (χ3n) is 4.58. The summed E-state index contributed by atoms with van der Waals surface area (Å²) in [4.78, 5) is 11.4. The van der Waals surface area contributed by atoms with E-state index in [0.29, 0.717) is 17.5 Å². The van der Waals surface area contributed by atoms with Gasteiger partial charge in [-0.15, -0.1) is 0 Å². The first-order chi connectivity index (χ1) is 12.7. The molecule has 1 aliphatic heterocycles. The van der Waals surface area contributed by atoms with E-state index >= 15 is 0 Å². The average Bonchev–Trinajstić information content (AvgIpc) is 2.64. The van der Waals surface area contributed by atoms with E-state index in [-0.39, 0.29) is 5.75 Å². The standard InChI is InChI=1S/C20H21N5O/c21-19-15-10-11-25(12-14-6-2-1-3-7-14)13-17(15)23-20(24-19)22-16-8-4-5-9-18(16)26/h1-9,26H,10-13H2,(H3,21,22,23,24). The van der Waals surface area contributed by atoms with Gasteiger partial charge in [-0.3, -0.25) is 4.90 Å². The van der Waals surface area contributed by atoms with E-state index in [1.54, 1.807) is 18.2 Å². The first kappa shape index (κ1) is 16.4. The Kier molecular flexibility index (Phi) is 4.41. The van der Waals surface area contributed by atoms with Crippen LogP contribution in [0.4, 0.5) is 17.5 Å². The van der Waals surface area contributed by atoms with E-state index in [0.717, 1.165) is 37.3 Å². The summed E-state index contributed by atoms with van der Waals surface area (Å²) in [6.45, 7) is 2.54. The lowest BCUT2D eigenvalue weighted by Gasteiger charge is -2.28. The molecule has 4 rings (SSSR count). The van der Waals surface area contributed by atoms with Crippen LogP contribution in [0.3, 0.4) is 0 Å². The fourth-order valence-corrected chi connectivity index (χ4v) is 3.25. The zero-order valence-corrected chi connectivity index (χ0v) is 14.4. The topological polar surface area (TPSA) is 87.3 Å². The Hall–Kier alpha value is -3.12. The molecule has 2 heterocycles. The molecule has 0 saturated carbocycles. The molecule has 132 valence electrons. The van der Waals surface area contributed by atoms with Crippen LogP contribution in [-0.2, 0) is 19.5 Å². The second-order valence-corrected chi connectivity index (χ2v) is 6.45. The summed E-state index contributed by atoms with van der Waals surface area (Å²) in [6.07, 6.45) is 0.838. The summed E-state index contributed by atoms with van der Waals surface area (Å²) in [5, 5.41) is 13.0. The fraction of sp³-hybridized carbons (Fsp3) is 0.200.